The summed E-state index contributed by atoms with van der Waals surface area (Å²) in [5.74, 6) is -0.787. The number of pyridine rings is 1. The Bertz CT molecular complexity index is 959. The molecule has 1 aliphatic rings. The van der Waals surface area contributed by atoms with Crippen LogP contribution in [-0.2, 0) is 20.4 Å². The molecule has 1 unspecified atom stereocenters. The van der Waals surface area contributed by atoms with Gasteiger partial charge in [0.25, 0.3) is 0 Å². The highest BCUT2D eigenvalue weighted by molar-refractivity contribution is 6.74. The van der Waals surface area contributed by atoms with Gasteiger partial charge in [-0.25, -0.2) is 13.8 Å². The highest BCUT2D eigenvalue weighted by Crippen LogP contribution is 2.45. The number of hydrogen-bond acceptors (Lipinski definition) is 3. The lowest BCUT2D eigenvalue weighted by Gasteiger charge is -2.43. The molecule has 1 fully saturated rings. The van der Waals surface area contributed by atoms with Gasteiger partial charge in [-0.05, 0) is 81.6 Å². The molecule has 6 heteroatoms. The van der Waals surface area contributed by atoms with Crippen LogP contribution >= 0.6 is 0 Å². The fraction of sp³-hybridized carbons (Fsp3) is 0.577. The fourth-order valence-electron chi connectivity index (χ4n) is 4.21. The summed E-state index contributed by atoms with van der Waals surface area (Å²) in [5.41, 5.74) is 0.541. The average Bonchev–Trinajstić information content (AvgIpc) is 3.17. The highest BCUT2D eigenvalue weighted by atomic mass is 28.4. The van der Waals surface area contributed by atoms with Gasteiger partial charge in [0, 0.05) is 17.7 Å². The van der Waals surface area contributed by atoms with Crippen molar-refractivity contribution in [3.05, 3.63) is 53.2 Å². The molecular formula is C26H37F2NO2Si. The van der Waals surface area contributed by atoms with Crippen LogP contribution in [0.2, 0.25) is 18.1 Å². The van der Waals surface area contributed by atoms with Gasteiger partial charge in [-0.2, -0.15) is 0 Å². The van der Waals surface area contributed by atoms with E-state index in [-0.39, 0.29) is 16.5 Å². The minimum atomic E-state index is -2.19. The van der Waals surface area contributed by atoms with Crippen molar-refractivity contribution in [2.24, 2.45) is 0 Å². The van der Waals surface area contributed by atoms with Crippen LogP contribution in [0.4, 0.5) is 8.78 Å². The average molecular weight is 462 g/mol. The van der Waals surface area contributed by atoms with Crippen molar-refractivity contribution in [3.63, 3.8) is 0 Å². The predicted molar refractivity (Wildman–Crippen MR) is 128 cm³/mol. The lowest BCUT2D eigenvalue weighted by Crippen LogP contribution is -2.46. The van der Waals surface area contributed by atoms with Crippen molar-refractivity contribution in [2.75, 3.05) is 6.61 Å². The molecule has 0 amide bonds. The van der Waals surface area contributed by atoms with Crippen molar-refractivity contribution >= 4 is 8.32 Å². The van der Waals surface area contributed by atoms with E-state index < -0.39 is 25.3 Å². The minimum Gasteiger partial charge on any atom is -0.408 e. The lowest BCUT2D eigenvalue weighted by molar-refractivity contribution is -0.00717. The third-order valence-corrected chi connectivity index (χ3v) is 11.8. The van der Waals surface area contributed by atoms with E-state index in [9.17, 15) is 4.39 Å². The maximum absolute atomic E-state index is 16.1. The molecule has 0 saturated carbocycles. The molecule has 176 valence electrons. The zero-order valence-electron chi connectivity index (χ0n) is 20.7. The zero-order chi connectivity index (χ0) is 23.9. The molecule has 0 spiro atoms. The molecule has 0 N–H and O–H groups in total. The van der Waals surface area contributed by atoms with Crippen LogP contribution in [0.15, 0.2) is 30.3 Å². The Labute approximate surface area is 192 Å². The second kappa shape index (κ2) is 8.62. The van der Waals surface area contributed by atoms with Crippen molar-refractivity contribution in [2.45, 2.75) is 90.1 Å². The molecule has 32 heavy (non-hydrogen) atoms. The van der Waals surface area contributed by atoms with E-state index >= 15 is 4.39 Å². The van der Waals surface area contributed by atoms with Crippen LogP contribution in [0.1, 0.15) is 72.1 Å². The summed E-state index contributed by atoms with van der Waals surface area (Å²) >= 11 is 0. The lowest BCUT2D eigenvalue weighted by atomic mass is 9.87. The number of benzene rings is 1. The molecule has 1 aromatic carbocycles. The fourth-order valence-corrected chi connectivity index (χ4v) is 5.90. The Morgan fingerprint density at radius 2 is 1.72 bits per heavy atom. The molecule has 1 atom stereocenters. The van der Waals surface area contributed by atoms with Gasteiger partial charge in [-0.3, -0.25) is 0 Å². The molecule has 2 aromatic rings. The van der Waals surface area contributed by atoms with Gasteiger partial charge in [0.2, 0.25) is 0 Å². The van der Waals surface area contributed by atoms with E-state index in [1.54, 1.807) is 12.1 Å². The Hall–Kier alpha value is -1.63. The molecule has 0 bridgehead atoms. The third kappa shape index (κ3) is 4.68. The molecular weight excluding hydrogens is 424 g/mol. The summed E-state index contributed by atoms with van der Waals surface area (Å²) in [6.45, 7) is 17.5. The Morgan fingerprint density at radius 1 is 1.09 bits per heavy atom. The summed E-state index contributed by atoms with van der Waals surface area (Å²) in [6, 6.07) is 7.65. The Balaban J connectivity index is 2.21. The molecule has 1 saturated heterocycles. The number of hydrogen-bond donors (Lipinski definition) is 0. The van der Waals surface area contributed by atoms with E-state index in [0.29, 0.717) is 17.7 Å². The van der Waals surface area contributed by atoms with Gasteiger partial charge in [-0.15, -0.1) is 0 Å². The van der Waals surface area contributed by atoms with E-state index in [1.165, 1.54) is 12.1 Å². The summed E-state index contributed by atoms with van der Waals surface area (Å²) < 4.78 is 42.5. The molecule has 3 nitrogen and oxygen atoms in total. The molecule has 2 heterocycles. The first-order valence-corrected chi connectivity index (χ1v) is 14.4. The molecule has 1 aromatic heterocycles. The maximum atomic E-state index is 16.1. The second-order valence-electron chi connectivity index (χ2n) is 10.9. The van der Waals surface area contributed by atoms with Crippen molar-refractivity contribution in [1.29, 1.82) is 0 Å². The smallest absolute Gasteiger partial charge is 0.193 e. The topological polar surface area (TPSA) is 31.4 Å². The van der Waals surface area contributed by atoms with Gasteiger partial charge in [-0.1, -0.05) is 27.7 Å². The van der Waals surface area contributed by atoms with Crippen molar-refractivity contribution in [1.82, 2.24) is 4.98 Å². The Morgan fingerprint density at radius 3 is 2.22 bits per heavy atom. The van der Waals surface area contributed by atoms with Gasteiger partial charge < -0.3 is 9.16 Å². The Kier molecular flexibility index (Phi) is 6.73. The molecule has 3 rings (SSSR count). The number of ether oxygens (including phenoxy) is 1. The SMILES string of the molecule is CCC1(c2cc(C(C)(C)O[Si](C)(C)C(C)(C)C)c(F)c(-c3ccc(F)cc3)n2)CCCO1. The summed E-state index contributed by atoms with van der Waals surface area (Å²) in [5, 5.41) is -0.0183. The monoisotopic (exact) mass is 461 g/mol. The van der Waals surface area contributed by atoms with E-state index in [4.69, 9.17) is 14.1 Å². The number of rotatable bonds is 6. The van der Waals surface area contributed by atoms with Crippen LogP contribution in [0.5, 0.6) is 0 Å². The van der Waals surface area contributed by atoms with Crippen molar-refractivity contribution in [3.8, 4) is 11.3 Å². The standard InChI is InChI=1S/C26H37F2NO2Si/c1-9-26(15-10-16-30-26)21-17-20(25(5,6)31-32(7,8)24(2,3)4)22(28)23(29-21)18-11-13-19(27)14-12-18/h11-14,17H,9-10,15-16H2,1-8H3. The first-order valence-electron chi connectivity index (χ1n) is 11.5. The molecule has 1 aliphatic heterocycles. The quantitative estimate of drug-likeness (QED) is 0.413. The maximum Gasteiger partial charge on any atom is 0.193 e. The van der Waals surface area contributed by atoms with Crippen LogP contribution in [0.25, 0.3) is 11.3 Å². The van der Waals surface area contributed by atoms with Gasteiger partial charge in [0.05, 0.1) is 11.3 Å². The number of nitrogens with zero attached hydrogens (tertiary/aromatic N) is 1. The van der Waals surface area contributed by atoms with Crippen LogP contribution in [0.3, 0.4) is 0 Å². The normalized spacial score (nSPS) is 20.1. The number of aromatic nitrogens is 1. The first-order chi connectivity index (χ1) is 14.7. The summed E-state index contributed by atoms with van der Waals surface area (Å²) in [7, 11) is -2.19. The predicted octanol–water partition coefficient (Wildman–Crippen LogP) is 7.70. The summed E-state index contributed by atoms with van der Waals surface area (Å²) in [4.78, 5) is 4.75. The summed E-state index contributed by atoms with van der Waals surface area (Å²) in [6.07, 6.45) is 2.53. The van der Waals surface area contributed by atoms with Crippen LogP contribution in [0, 0.1) is 11.6 Å². The molecule has 0 radical (unpaired) electrons. The number of halogens is 2. The van der Waals surface area contributed by atoms with Gasteiger partial charge >= 0.3 is 0 Å². The highest BCUT2D eigenvalue weighted by Gasteiger charge is 2.44. The molecule has 0 aliphatic carbocycles. The van der Waals surface area contributed by atoms with E-state index in [0.717, 1.165) is 25.0 Å². The van der Waals surface area contributed by atoms with E-state index in [2.05, 4.69) is 40.8 Å². The van der Waals surface area contributed by atoms with Gasteiger partial charge in [0.1, 0.15) is 17.1 Å². The minimum absolute atomic E-state index is 0.0183. The van der Waals surface area contributed by atoms with Crippen LogP contribution in [-0.4, -0.2) is 19.9 Å². The largest absolute Gasteiger partial charge is 0.408 e. The zero-order valence-corrected chi connectivity index (χ0v) is 21.7. The second-order valence-corrected chi connectivity index (χ2v) is 15.6. The first kappa shape index (κ1) is 25.0. The third-order valence-electron chi connectivity index (χ3n) is 7.18. The van der Waals surface area contributed by atoms with E-state index in [1.807, 2.05) is 19.9 Å². The van der Waals surface area contributed by atoms with Crippen LogP contribution < -0.4 is 0 Å². The van der Waals surface area contributed by atoms with Gasteiger partial charge in [0.15, 0.2) is 14.1 Å². The van der Waals surface area contributed by atoms with Crippen molar-refractivity contribution < 1.29 is 17.9 Å².